The zero-order chi connectivity index (χ0) is 19.3. The van der Waals surface area contributed by atoms with Crippen molar-refractivity contribution < 1.29 is 9.53 Å². The first-order valence-corrected chi connectivity index (χ1v) is 9.12. The highest BCUT2D eigenvalue weighted by Gasteiger charge is 2.18. The standard InChI is InChI=1S/C23H21N3O2/c1-28-22-8-4-5-17(13-22)14-24-25-23(27)18-9-11-21(12-10-18)26-15-19-6-2-3-7-20(19)16-26/h2-14H,15-16H2,1H3,(H,25,27)/b24-14-. The smallest absolute Gasteiger partial charge is 0.271 e. The molecule has 0 saturated carbocycles. The molecule has 0 unspecified atom stereocenters. The number of fused-ring (bicyclic) bond motifs is 1. The molecular formula is C23H21N3O2. The van der Waals surface area contributed by atoms with Crippen LogP contribution in [0.2, 0.25) is 0 Å². The SMILES string of the molecule is COc1cccc(/C=N\NC(=O)c2ccc(N3Cc4ccccc4C3)cc2)c1. The Morgan fingerprint density at radius 2 is 1.71 bits per heavy atom. The lowest BCUT2D eigenvalue weighted by Gasteiger charge is -2.17. The molecule has 140 valence electrons. The maximum absolute atomic E-state index is 12.3. The molecule has 28 heavy (non-hydrogen) atoms. The number of nitrogens with one attached hydrogen (secondary N) is 1. The van der Waals surface area contributed by atoms with E-state index in [2.05, 4.69) is 39.7 Å². The molecule has 0 fully saturated rings. The van der Waals surface area contributed by atoms with Gasteiger partial charge < -0.3 is 9.64 Å². The summed E-state index contributed by atoms with van der Waals surface area (Å²) in [5.41, 5.74) is 7.81. The number of hydrogen-bond acceptors (Lipinski definition) is 4. The molecule has 1 N–H and O–H groups in total. The molecule has 1 heterocycles. The highest BCUT2D eigenvalue weighted by atomic mass is 16.5. The third kappa shape index (κ3) is 3.88. The summed E-state index contributed by atoms with van der Waals surface area (Å²) < 4.78 is 5.17. The number of hydrazone groups is 1. The van der Waals surface area contributed by atoms with Gasteiger partial charge in [0.15, 0.2) is 0 Å². The minimum absolute atomic E-state index is 0.240. The first-order chi connectivity index (χ1) is 13.7. The first-order valence-electron chi connectivity index (χ1n) is 9.12. The summed E-state index contributed by atoms with van der Waals surface area (Å²) in [5, 5.41) is 4.03. The van der Waals surface area contributed by atoms with Crippen LogP contribution >= 0.6 is 0 Å². The summed E-state index contributed by atoms with van der Waals surface area (Å²) in [6, 6.07) is 23.6. The monoisotopic (exact) mass is 371 g/mol. The molecule has 0 spiro atoms. The maximum Gasteiger partial charge on any atom is 0.271 e. The van der Waals surface area contributed by atoms with Gasteiger partial charge in [0.2, 0.25) is 0 Å². The topological polar surface area (TPSA) is 53.9 Å². The van der Waals surface area contributed by atoms with Crippen molar-refractivity contribution in [2.24, 2.45) is 5.10 Å². The minimum atomic E-state index is -0.240. The van der Waals surface area contributed by atoms with Crippen molar-refractivity contribution in [2.75, 3.05) is 12.0 Å². The van der Waals surface area contributed by atoms with E-state index >= 15 is 0 Å². The predicted octanol–water partition coefficient (Wildman–Crippen LogP) is 3.98. The van der Waals surface area contributed by atoms with Gasteiger partial charge in [0.25, 0.3) is 5.91 Å². The average molecular weight is 371 g/mol. The van der Waals surface area contributed by atoms with Gasteiger partial charge in [-0.25, -0.2) is 5.43 Å². The number of anilines is 1. The Labute approximate surface area is 164 Å². The molecular weight excluding hydrogens is 350 g/mol. The van der Waals surface area contributed by atoms with E-state index in [9.17, 15) is 4.79 Å². The van der Waals surface area contributed by atoms with Gasteiger partial charge in [-0.1, -0.05) is 36.4 Å². The predicted molar refractivity (Wildman–Crippen MR) is 111 cm³/mol. The maximum atomic E-state index is 12.3. The third-order valence-corrected chi connectivity index (χ3v) is 4.81. The van der Waals surface area contributed by atoms with Crippen molar-refractivity contribution in [3.8, 4) is 5.75 Å². The molecule has 1 amide bonds. The van der Waals surface area contributed by atoms with Crippen molar-refractivity contribution in [3.05, 3.63) is 95.1 Å². The highest BCUT2D eigenvalue weighted by molar-refractivity contribution is 5.95. The van der Waals surface area contributed by atoms with E-state index in [1.165, 1.54) is 11.1 Å². The zero-order valence-electron chi connectivity index (χ0n) is 15.6. The van der Waals surface area contributed by atoms with E-state index in [1.807, 2.05) is 48.5 Å². The van der Waals surface area contributed by atoms with Crippen LogP contribution in [0.1, 0.15) is 27.0 Å². The summed E-state index contributed by atoms with van der Waals surface area (Å²) in [6.45, 7) is 1.79. The molecule has 3 aromatic rings. The van der Waals surface area contributed by atoms with Crippen LogP contribution < -0.4 is 15.1 Å². The number of ether oxygens (including phenoxy) is 1. The lowest BCUT2D eigenvalue weighted by atomic mass is 10.1. The number of hydrogen-bond donors (Lipinski definition) is 1. The van der Waals surface area contributed by atoms with Crippen LogP contribution in [0.4, 0.5) is 5.69 Å². The highest BCUT2D eigenvalue weighted by Crippen LogP contribution is 2.28. The summed E-state index contributed by atoms with van der Waals surface area (Å²) in [4.78, 5) is 14.6. The molecule has 0 radical (unpaired) electrons. The fourth-order valence-corrected chi connectivity index (χ4v) is 3.29. The van der Waals surface area contributed by atoms with Crippen molar-refractivity contribution in [1.29, 1.82) is 0 Å². The van der Waals surface area contributed by atoms with E-state index in [0.717, 1.165) is 30.1 Å². The summed E-state index contributed by atoms with van der Waals surface area (Å²) in [6.07, 6.45) is 1.59. The van der Waals surface area contributed by atoms with Crippen LogP contribution in [0.25, 0.3) is 0 Å². The average Bonchev–Trinajstić information content (AvgIpc) is 3.18. The minimum Gasteiger partial charge on any atom is -0.497 e. The second-order valence-electron chi connectivity index (χ2n) is 6.65. The van der Waals surface area contributed by atoms with E-state index in [4.69, 9.17) is 4.74 Å². The van der Waals surface area contributed by atoms with Crippen LogP contribution in [0.15, 0.2) is 77.9 Å². The second kappa shape index (κ2) is 7.96. The quantitative estimate of drug-likeness (QED) is 0.545. The van der Waals surface area contributed by atoms with Crippen molar-refractivity contribution in [3.63, 3.8) is 0 Å². The molecule has 0 aliphatic carbocycles. The summed E-state index contributed by atoms with van der Waals surface area (Å²) in [5.74, 6) is 0.505. The molecule has 5 nitrogen and oxygen atoms in total. The van der Waals surface area contributed by atoms with Gasteiger partial charge in [-0.15, -0.1) is 0 Å². The Bertz CT molecular complexity index is 987. The first kappa shape index (κ1) is 17.8. The lowest BCUT2D eigenvalue weighted by molar-refractivity contribution is 0.0955. The van der Waals surface area contributed by atoms with E-state index in [1.54, 1.807) is 13.3 Å². The van der Waals surface area contributed by atoms with Gasteiger partial charge in [0.1, 0.15) is 5.75 Å². The fraction of sp³-hybridized carbons (Fsp3) is 0.130. The summed E-state index contributed by atoms with van der Waals surface area (Å²) >= 11 is 0. The largest absolute Gasteiger partial charge is 0.497 e. The van der Waals surface area contributed by atoms with Gasteiger partial charge in [-0.2, -0.15) is 5.10 Å². The van der Waals surface area contributed by atoms with Crippen molar-refractivity contribution >= 4 is 17.8 Å². The number of nitrogens with zero attached hydrogens (tertiary/aromatic N) is 2. The zero-order valence-corrected chi connectivity index (χ0v) is 15.6. The molecule has 4 rings (SSSR count). The van der Waals surface area contributed by atoms with Gasteiger partial charge >= 0.3 is 0 Å². The number of rotatable bonds is 5. The Balaban J connectivity index is 1.37. The molecule has 0 bridgehead atoms. The Morgan fingerprint density at radius 1 is 1.00 bits per heavy atom. The number of benzene rings is 3. The molecule has 1 aliphatic heterocycles. The van der Waals surface area contributed by atoms with Gasteiger partial charge in [-0.3, -0.25) is 4.79 Å². The lowest BCUT2D eigenvalue weighted by Crippen LogP contribution is -2.18. The molecule has 1 aliphatic rings. The van der Waals surface area contributed by atoms with Crippen molar-refractivity contribution in [2.45, 2.75) is 13.1 Å². The third-order valence-electron chi connectivity index (χ3n) is 4.81. The van der Waals surface area contributed by atoms with Crippen LogP contribution in [0, 0.1) is 0 Å². The molecule has 0 atom stereocenters. The van der Waals surface area contributed by atoms with E-state index in [0.29, 0.717) is 5.56 Å². The Kier molecular flexibility index (Phi) is 5.06. The van der Waals surface area contributed by atoms with Gasteiger partial charge in [-0.05, 0) is 53.1 Å². The normalized spacial score (nSPS) is 12.8. The molecule has 3 aromatic carbocycles. The van der Waals surface area contributed by atoms with E-state index in [-0.39, 0.29) is 5.91 Å². The molecule has 0 aromatic heterocycles. The fourth-order valence-electron chi connectivity index (χ4n) is 3.29. The van der Waals surface area contributed by atoms with Crippen molar-refractivity contribution in [1.82, 2.24) is 5.43 Å². The second-order valence-corrected chi connectivity index (χ2v) is 6.65. The van der Waals surface area contributed by atoms with Gasteiger partial charge in [0.05, 0.1) is 13.3 Å². The number of methoxy groups -OCH3 is 1. The van der Waals surface area contributed by atoms with Crippen LogP contribution in [-0.4, -0.2) is 19.2 Å². The Morgan fingerprint density at radius 3 is 2.39 bits per heavy atom. The number of carbonyl (C=O) groups is 1. The van der Waals surface area contributed by atoms with Crippen LogP contribution in [-0.2, 0) is 13.1 Å². The van der Waals surface area contributed by atoms with Gasteiger partial charge in [0, 0.05) is 24.3 Å². The number of amides is 1. The Hall–Kier alpha value is -3.60. The van der Waals surface area contributed by atoms with E-state index < -0.39 is 0 Å². The summed E-state index contributed by atoms with van der Waals surface area (Å²) in [7, 11) is 1.61. The van der Waals surface area contributed by atoms with Crippen LogP contribution in [0.5, 0.6) is 5.75 Å². The van der Waals surface area contributed by atoms with Crippen LogP contribution in [0.3, 0.4) is 0 Å². The number of carbonyl (C=O) groups excluding carboxylic acids is 1. The molecule has 5 heteroatoms. The molecule has 0 saturated heterocycles.